The monoisotopic (exact) mass is 255 g/mol. The zero-order valence-electron chi connectivity index (χ0n) is 9.67. The van der Waals surface area contributed by atoms with E-state index in [1.165, 1.54) is 11.3 Å². The first-order valence-electron chi connectivity index (χ1n) is 5.45. The third-order valence-corrected chi connectivity index (χ3v) is 3.49. The molecule has 1 aromatic carbocycles. The predicted molar refractivity (Wildman–Crippen MR) is 69.2 cm³/mol. The van der Waals surface area contributed by atoms with Crippen LogP contribution in [0.4, 0.5) is 0 Å². The van der Waals surface area contributed by atoms with Crippen LogP contribution >= 0.6 is 11.3 Å². The van der Waals surface area contributed by atoms with E-state index in [2.05, 4.69) is 16.0 Å². The van der Waals surface area contributed by atoms with Crippen molar-refractivity contribution in [3.05, 3.63) is 35.2 Å². The maximum Gasteiger partial charge on any atom is 0.192 e. The van der Waals surface area contributed by atoms with Crippen LogP contribution in [0.25, 0.3) is 21.7 Å². The van der Waals surface area contributed by atoms with Crippen molar-refractivity contribution in [2.75, 3.05) is 0 Å². The van der Waals surface area contributed by atoms with Crippen LogP contribution in [0.5, 0.6) is 0 Å². The summed E-state index contributed by atoms with van der Waals surface area (Å²) < 4.78 is 5.50. The molecule has 0 aliphatic carbocycles. The van der Waals surface area contributed by atoms with Gasteiger partial charge in [-0.1, -0.05) is 0 Å². The van der Waals surface area contributed by atoms with Gasteiger partial charge in [-0.15, -0.1) is 11.3 Å². The van der Waals surface area contributed by atoms with E-state index in [4.69, 9.17) is 9.68 Å². The number of thiazole rings is 1. The van der Waals surface area contributed by atoms with Gasteiger partial charge in [0, 0.05) is 17.9 Å². The highest BCUT2D eigenvalue weighted by Crippen LogP contribution is 2.27. The molecule has 0 N–H and O–H groups in total. The molecule has 5 heteroatoms. The van der Waals surface area contributed by atoms with E-state index in [9.17, 15) is 0 Å². The molecule has 18 heavy (non-hydrogen) atoms. The predicted octanol–water partition coefficient (Wildman–Crippen LogP) is 3.33. The minimum Gasteiger partial charge on any atom is -0.441 e. The van der Waals surface area contributed by atoms with E-state index in [1.54, 1.807) is 0 Å². The number of nitriles is 1. The van der Waals surface area contributed by atoms with Crippen molar-refractivity contribution in [1.82, 2.24) is 9.97 Å². The Morgan fingerprint density at radius 1 is 1.39 bits per heavy atom. The van der Waals surface area contributed by atoms with Crippen LogP contribution in [0.1, 0.15) is 11.6 Å². The molecule has 0 saturated carbocycles. The Morgan fingerprint density at radius 3 is 3.11 bits per heavy atom. The zero-order chi connectivity index (χ0) is 12.5. The van der Waals surface area contributed by atoms with Crippen molar-refractivity contribution in [2.45, 2.75) is 13.3 Å². The van der Waals surface area contributed by atoms with Gasteiger partial charge < -0.3 is 4.42 Å². The first-order chi connectivity index (χ1) is 8.76. The van der Waals surface area contributed by atoms with Gasteiger partial charge in [-0.05, 0) is 18.2 Å². The third kappa shape index (κ3) is 1.87. The molecule has 4 nitrogen and oxygen atoms in total. The number of aromatic nitrogens is 2. The smallest absolute Gasteiger partial charge is 0.192 e. The minimum absolute atomic E-state index is 0.347. The van der Waals surface area contributed by atoms with E-state index >= 15 is 0 Å². The van der Waals surface area contributed by atoms with Gasteiger partial charge in [0.25, 0.3) is 0 Å². The minimum atomic E-state index is 0.347. The second-order valence-corrected chi connectivity index (χ2v) is 4.75. The van der Waals surface area contributed by atoms with Crippen molar-refractivity contribution in [3.8, 4) is 16.6 Å². The Hall–Kier alpha value is -2.19. The highest BCUT2D eigenvalue weighted by atomic mass is 32.1. The van der Waals surface area contributed by atoms with Crippen LogP contribution in [-0.4, -0.2) is 9.97 Å². The summed E-state index contributed by atoms with van der Waals surface area (Å²) in [5.74, 6) is 0.659. The average molecular weight is 255 g/mol. The van der Waals surface area contributed by atoms with Gasteiger partial charge in [0.05, 0.1) is 18.2 Å². The maximum absolute atomic E-state index is 8.63. The van der Waals surface area contributed by atoms with Gasteiger partial charge in [-0.25, -0.2) is 9.97 Å². The summed E-state index contributed by atoms with van der Waals surface area (Å²) in [6, 6.07) is 7.93. The quantitative estimate of drug-likeness (QED) is 0.704. The second-order valence-electron chi connectivity index (χ2n) is 3.89. The highest BCUT2D eigenvalue weighted by Gasteiger charge is 2.08. The lowest BCUT2D eigenvalue weighted by atomic mass is 10.2. The molecule has 0 aliphatic rings. The van der Waals surface area contributed by atoms with Crippen molar-refractivity contribution in [2.24, 2.45) is 0 Å². The van der Waals surface area contributed by atoms with Gasteiger partial charge in [0.1, 0.15) is 10.5 Å². The summed E-state index contributed by atoms with van der Waals surface area (Å²) in [7, 11) is 0. The molecule has 0 unspecified atom stereocenters. The lowest BCUT2D eigenvalue weighted by Crippen LogP contribution is -1.81. The molecule has 2 aromatic heterocycles. The van der Waals surface area contributed by atoms with Crippen LogP contribution < -0.4 is 0 Å². The second kappa shape index (κ2) is 4.24. The van der Waals surface area contributed by atoms with E-state index in [0.717, 1.165) is 27.4 Å². The van der Waals surface area contributed by atoms with Crippen molar-refractivity contribution < 1.29 is 4.42 Å². The molecule has 0 saturated heterocycles. The van der Waals surface area contributed by atoms with E-state index in [-0.39, 0.29) is 0 Å². The Balaban J connectivity index is 2.04. The fraction of sp³-hybridized carbons (Fsp3) is 0.154. The number of benzene rings is 1. The lowest BCUT2D eigenvalue weighted by molar-refractivity contribution is 0.561. The molecule has 0 fully saturated rings. The molecule has 0 spiro atoms. The van der Waals surface area contributed by atoms with E-state index in [0.29, 0.717) is 12.3 Å². The Labute approximate surface area is 108 Å². The summed E-state index contributed by atoms with van der Waals surface area (Å²) in [6.07, 6.45) is 0.347. The molecular weight excluding hydrogens is 246 g/mol. The Bertz CT molecular complexity index is 751. The largest absolute Gasteiger partial charge is 0.441 e. The third-order valence-electron chi connectivity index (χ3n) is 2.55. The number of oxazole rings is 1. The summed E-state index contributed by atoms with van der Waals surface area (Å²) in [5.41, 5.74) is 3.42. The van der Waals surface area contributed by atoms with Gasteiger partial charge in [-0.3, -0.25) is 0 Å². The number of rotatable bonds is 2. The summed E-state index contributed by atoms with van der Waals surface area (Å²) in [5, 5.41) is 11.4. The number of hydrogen-bond acceptors (Lipinski definition) is 5. The number of fused-ring (bicyclic) bond motifs is 1. The normalized spacial score (nSPS) is 10.7. The highest BCUT2D eigenvalue weighted by molar-refractivity contribution is 7.13. The van der Waals surface area contributed by atoms with Crippen LogP contribution in [0.3, 0.4) is 0 Å². The fourth-order valence-corrected chi connectivity index (χ4v) is 2.59. The molecule has 0 aliphatic heterocycles. The lowest BCUT2D eigenvalue weighted by Gasteiger charge is -1.94. The molecule has 3 aromatic rings. The Kier molecular flexibility index (Phi) is 2.58. The van der Waals surface area contributed by atoms with Crippen molar-refractivity contribution >= 4 is 22.4 Å². The number of nitrogens with zero attached hydrogens (tertiary/aromatic N) is 3. The molecular formula is C13H9N3OS. The summed E-state index contributed by atoms with van der Waals surface area (Å²) in [4.78, 5) is 8.67. The first-order valence-corrected chi connectivity index (χ1v) is 6.33. The first kappa shape index (κ1) is 10.9. The zero-order valence-corrected chi connectivity index (χ0v) is 10.5. The molecule has 0 radical (unpaired) electrons. The Morgan fingerprint density at radius 2 is 2.28 bits per heavy atom. The topological polar surface area (TPSA) is 62.7 Å². The molecule has 3 rings (SSSR count). The van der Waals surface area contributed by atoms with E-state index < -0.39 is 0 Å². The summed E-state index contributed by atoms with van der Waals surface area (Å²) >= 11 is 1.53. The van der Waals surface area contributed by atoms with Crippen molar-refractivity contribution in [3.63, 3.8) is 0 Å². The van der Waals surface area contributed by atoms with Gasteiger partial charge in [0.2, 0.25) is 0 Å². The molecule has 88 valence electrons. The van der Waals surface area contributed by atoms with Gasteiger partial charge in [-0.2, -0.15) is 5.26 Å². The van der Waals surface area contributed by atoms with Crippen LogP contribution in [0, 0.1) is 18.3 Å². The van der Waals surface area contributed by atoms with Crippen LogP contribution in [0.15, 0.2) is 28.0 Å². The van der Waals surface area contributed by atoms with Crippen molar-refractivity contribution in [1.29, 1.82) is 5.26 Å². The standard InChI is InChI=1S/C13H9N3OS/c1-8-15-11-3-2-9(6-12(11)17-8)13-16-10(4-5-14)7-18-13/h2-3,6-7H,4H2,1H3. The maximum atomic E-state index is 8.63. The molecule has 2 heterocycles. The van der Waals surface area contributed by atoms with E-state index in [1.807, 2.05) is 30.5 Å². The average Bonchev–Trinajstić information content (AvgIpc) is 2.93. The fourth-order valence-electron chi connectivity index (χ4n) is 1.77. The number of aryl methyl sites for hydroxylation is 1. The van der Waals surface area contributed by atoms with Gasteiger partial charge in [0.15, 0.2) is 11.5 Å². The molecule has 0 amide bonds. The van der Waals surface area contributed by atoms with Crippen LogP contribution in [-0.2, 0) is 6.42 Å². The van der Waals surface area contributed by atoms with Crippen LogP contribution in [0.2, 0.25) is 0 Å². The van der Waals surface area contributed by atoms with Gasteiger partial charge >= 0.3 is 0 Å². The summed E-state index contributed by atoms with van der Waals surface area (Å²) in [6.45, 7) is 1.83. The molecule has 0 bridgehead atoms. The number of hydrogen-bond donors (Lipinski definition) is 0. The SMILES string of the molecule is Cc1nc2ccc(-c3nc(CC#N)cs3)cc2o1. The molecule has 0 atom stereocenters.